The van der Waals surface area contributed by atoms with Crippen molar-refractivity contribution in [2.45, 2.75) is 0 Å². The van der Waals surface area contributed by atoms with Crippen LogP contribution in [0.4, 0.5) is 5.69 Å². The van der Waals surface area contributed by atoms with E-state index in [1.807, 2.05) is 43.4 Å². The zero-order valence-electron chi connectivity index (χ0n) is 7.73. The summed E-state index contributed by atoms with van der Waals surface area (Å²) in [7, 11) is 3.96. The van der Waals surface area contributed by atoms with Crippen molar-refractivity contribution in [2.24, 2.45) is 0 Å². The van der Waals surface area contributed by atoms with Crippen LogP contribution in [0.1, 0.15) is 0 Å². The van der Waals surface area contributed by atoms with Gasteiger partial charge in [-0.05, 0) is 18.2 Å². The number of hydrogen-bond donors (Lipinski definition) is 1. The third-order valence-corrected chi connectivity index (χ3v) is 2.11. The Balaban J connectivity index is 2.68. The molecule has 1 N–H and O–H groups in total. The van der Waals surface area contributed by atoms with Gasteiger partial charge >= 0.3 is 0 Å². The highest BCUT2D eigenvalue weighted by molar-refractivity contribution is 5.62. The Hall–Kier alpha value is -1.64. The molecule has 3 heteroatoms. The van der Waals surface area contributed by atoms with Gasteiger partial charge < -0.3 is 10.0 Å². The van der Waals surface area contributed by atoms with Gasteiger partial charge in [0.15, 0.2) is 5.88 Å². The van der Waals surface area contributed by atoms with E-state index in [9.17, 15) is 5.11 Å². The molecule has 0 spiro atoms. The standard InChI is InChI=1S/C10H12N2O/c1-11(2)9-6-8-4-3-5-10(13)12(8)7-9/h3-7,13H,1-2H3. The van der Waals surface area contributed by atoms with Crippen LogP contribution >= 0.6 is 0 Å². The van der Waals surface area contributed by atoms with Gasteiger partial charge in [0.1, 0.15) is 0 Å². The normalized spacial score (nSPS) is 10.6. The molecule has 0 bridgehead atoms. The summed E-state index contributed by atoms with van der Waals surface area (Å²) in [6.07, 6.45) is 1.91. The van der Waals surface area contributed by atoms with Crippen LogP contribution in [0.2, 0.25) is 0 Å². The molecule has 13 heavy (non-hydrogen) atoms. The van der Waals surface area contributed by atoms with E-state index in [4.69, 9.17) is 0 Å². The zero-order valence-corrected chi connectivity index (χ0v) is 7.73. The number of pyridine rings is 1. The minimum atomic E-state index is 0.269. The predicted octanol–water partition coefficient (Wildman–Crippen LogP) is 1.71. The highest BCUT2D eigenvalue weighted by Crippen LogP contribution is 2.21. The Bertz CT molecular complexity index is 431. The molecule has 0 aliphatic carbocycles. The number of aromatic hydroxyl groups is 1. The summed E-state index contributed by atoms with van der Waals surface area (Å²) in [6, 6.07) is 7.50. The van der Waals surface area contributed by atoms with Gasteiger partial charge in [-0.2, -0.15) is 0 Å². The average molecular weight is 176 g/mol. The van der Waals surface area contributed by atoms with Crippen LogP contribution in [0.3, 0.4) is 0 Å². The first-order valence-corrected chi connectivity index (χ1v) is 4.16. The van der Waals surface area contributed by atoms with Crippen LogP contribution in [0.25, 0.3) is 5.52 Å². The first-order chi connectivity index (χ1) is 6.18. The molecule has 68 valence electrons. The van der Waals surface area contributed by atoms with Crippen LogP contribution in [0.15, 0.2) is 30.5 Å². The van der Waals surface area contributed by atoms with E-state index in [0.29, 0.717) is 0 Å². The van der Waals surface area contributed by atoms with Gasteiger partial charge in [0.2, 0.25) is 0 Å². The molecule has 0 atom stereocenters. The first-order valence-electron chi connectivity index (χ1n) is 4.16. The molecule has 0 amide bonds. The van der Waals surface area contributed by atoms with E-state index in [-0.39, 0.29) is 5.88 Å². The van der Waals surface area contributed by atoms with Crippen molar-refractivity contribution in [3.63, 3.8) is 0 Å². The highest BCUT2D eigenvalue weighted by Gasteiger charge is 2.02. The van der Waals surface area contributed by atoms with Crippen molar-refractivity contribution < 1.29 is 5.11 Å². The van der Waals surface area contributed by atoms with Crippen LogP contribution < -0.4 is 4.90 Å². The van der Waals surface area contributed by atoms with E-state index in [0.717, 1.165) is 11.2 Å². The molecule has 0 unspecified atom stereocenters. The van der Waals surface area contributed by atoms with Gasteiger partial charge in [0, 0.05) is 20.3 Å². The maximum absolute atomic E-state index is 9.51. The summed E-state index contributed by atoms with van der Waals surface area (Å²) in [5.41, 5.74) is 2.09. The number of rotatable bonds is 1. The Kier molecular flexibility index (Phi) is 1.65. The fourth-order valence-electron chi connectivity index (χ4n) is 1.35. The molecule has 0 fully saturated rings. The van der Waals surface area contributed by atoms with Gasteiger partial charge in [-0.15, -0.1) is 0 Å². The molecule has 2 rings (SSSR count). The maximum Gasteiger partial charge on any atom is 0.195 e. The summed E-state index contributed by atoms with van der Waals surface area (Å²) in [4.78, 5) is 2.01. The van der Waals surface area contributed by atoms with Crippen molar-refractivity contribution in [1.29, 1.82) is 0 Å². The summed E-state index contributed by atoms with van der Waals surface area (Å²) in [5.74, 6) is 0.269. The number of nitrogens with zero attached hydrogens (tertiary/aromatic N) is 2. The van der Waals surface area contributed by atoms with E-state index in [2.05, 4.69) is 0 Å². The second-order valence-corrected chi connectivity index (χ2v) is 3.27. The topological polar surface area (TPSA) is 27.9 Å². The van der Waals surface area contributed by atoms with Crippen LogP contribution in [0.5, 0.6) is 5.88 Å². The third kappa shape index (κ3) is 1.22. The van der Waals surface area contributed by atoms with Gasteiger partial charge in [-0.3, -0.25) is 4.40 Å². The Morgan fingerprint density at radius 1 is 1.31 bits per heavy atom. The predicted molar refractivity (Wildman–Crippen MR) is 53.4 cm³/mol. The molecule has 0 aromatic carbocycles. The van der Waals surface area contributed by atoms with Gasteiger partial charge in [0.05, 0.1) is 11.2 Å². The summed E-state index contributed by atoms with van der Waals surface area (Å²) in [5, 5.41) is 9.51. The van der Waals surface area contributed by atoms with Gasteiger partial charge in [-0.25, -0.2) is 0 Å². The largest absolute Gasteiger partial charge is 0.494 e. The Morgan fingerprint density at radius 3 is 2.69 bits per heavy atom. The molecular formula is C10H12N2O. The van der Waals surface area contributed by atoms with Gasteiger partial charge in [0.25, 0.3) is 0 Å². The molecule has 2 aromatic heterocycles. The molecule has 0 radical (unpaired) electrons. The second kappa shape index (κ2) is 2.69. The van der Waals surface area contributed by atoms with Crippen molar-refractivity contribution in [3.05, 3.63) is 30.5 Å². The van der Waals surface area contributed by atoms with E-state index in [1.54, 1.807) is 10.5 Å². The lowest BCUT2D eigenvalue weighted by Crippen LogP contribution is -2.06. The molecule has 0 saturated carbocycles. The summed E-state index contributed by atoms with van der Waals surface area (Å²) >= 11 is 0. The van der Waals surface area contributed by atoms with E-state index < -0.39 is 0 Å². The van der Waals surface area contributed by atoms with Crippen molar-refractivity contribution >= 4 is 11.2 Å². The fraction of sp³-hybridized carbons (Fsp3) is 0.200. The first kappa shape index (κ1) is 7.98. The minimum absolute atomic E-state index is 0.269. The Morgan fingerprint density at radius 2 is 2.08 bits per heavy atom. The zero-order chi connectivity index (χ0) is 9.42. The minimum Gasteiger partial charge on any atom is -0.494 e. The lowest BCUT2D eigenvalue weighted by molar-refractivity contribution is 0.446. The number of anilines is 1. The van der Waals surface area contributed by atoms with Crippen molar-refractivity contribution in [2.75, 3.05) is 19.0 Å². The monoisotopic (exact) mass is 176 g/mol. The van der Waals surface area contributed by atoms with E-state index in [1.165, 1.54) is 0 Å². The smallest absolute Gasteiger partial charge is 0.195 e. The van der Waals surface area contributed by atoms with Gasteiger partial charge in [-0.1, -0.05) is 6.07 Å². The molecule has 2 heterocycles. The third-order valence-electron chi connectivity index (χ3n) is 2.11. The lowest BCUT2D eigenvalue weighted by atomic mass is 10.4. The van der Waals surface area contributed by atoms with Crippen LogP contribution in [-0.4, -0.2) is 23.6 Å². The van der Waals surface area contributed by atoms with Crippen molar-refractivity contribution in [1.82, 2.24) is 4.40 Å². The molecular weight excluding hydrogens is 164 g/mol. The van der Waals surface area contributed by atoms with Crippen LogP contribution in [0, 0.1) is 0 Å². The Labute approximate surface area is 76.8 Å². The SMILES string of the molecule is CN(C)c1cc2cccc(O)n2c1. The summed E-state index contributed by atoms with van der Waals surface area (Å²) in [6.45, 7) is 0. The maximum atomic E-state index is 9.51. The second-order valence-electron chi connectivity index (χ2n) is 3.27. The van der Waals surface area contributed by atoms with E-state index >= 15 is 0 Å². The molecule has 3 nitrogen and oxygen atoms in total. The quantitative estimate of drug-likeness (QED) is 0.716. The van der Waals surface area contributed by atoms with Crippen molar-refractivity contribution in [3.8, 4) is 5.88 Å². The number of hydrogen-bond acceptors (Lipinski definition) is 2. The average Bonchev–Trinajstić information content (AvgIpc) is 2.49. The summed E-state index contributed by atoms with van der Waals surface area (Å²) < 4.78 is 1.76. The molecule has 0 saturated heterocycles. The molecule has 0 aliphatic heterocycles. The molecule has 0 aliphatic rings. The van der Waals surface area contributed by atoms with Crippen LogP contribution in [-0.2, 0) is 0 Å². The molecule has 2 aromatic rings. The number of fused-ring (bicyclic) bond motifs is 1. The fourth-order valence-corrected chi connectivity index (χ4v) is 1.35. The lowest BCUT2D eigenvalue weighted by Gasteiger charge is -2.07. The number of aromatic nitrogens is 1. The highest BCUT2D eigenvalue weighted by atomic mass is 16.3.